The van der Waals surface area contributed by atoms with Gasteiger partial charge < -0.3 is 11.5 Å². The predicted octanol–water partition coefficient (Wildman–Crippen LogP) is 1.48. The summed E-state index contributed by atoms with van der Waals surface area (Å²) >= 11 is 0. The van der Waals surface area contributed by atoms with Crippen LogP contribution in [0, 0.1) is 11.3 Å². The van der Waals surface area contributed by atoms with E-state index in [1.54, 1.807) is 0 Å². The lowest BCUT2D eigenvalue weighted by Crippen LogP contribution is -2.50. The van der Waals surface area contributed by atoms with Crippen LogP contribution in [0.2, 0.25) is 0 Å². The molecule has 0 aliphatic heterocycles. The molecule has 3 heteroatoms. The van der Waals surface area contributed by atoms with Gasteiger partial charge in [0.2, 0.25) is 0 Å². The second-order valence-electron chi connectivity index (χ2n) is 3.31. The number of nitrogens with two attached hydrogens (primary N) is 2. The van der Waals surface area contributed by atoms with E-state index in [4.69, 9.17) is 16.7 Å². The van der Waals surface area contributed by atoms with E-state index in [1.807, 2.05) is 13.0 Å². The Balaban J connectivity index is 0.000000261. The molecule has 0 aromatic rings. The van der Waals surface area contributed by atoms with E-state index in [2.05, 4.69) is 0 Å². The van der Waals surface area contributed by atoms with Crippen molar-refractivity contribution in [1.82, 2.24) is 0 Å². The molecule has 1 saturated carbocycles. The molecule has 0 radical (unpaired) electrons. The molecule has 0 amide bonds. The van der Waals surface area contributed by atoms with Crippen LogP contribution in [-0.4, -0.2) is 5.66 Å². The Kier molecular flexibility index (Phi) is 5.69. The van der Waals surface area contributed by atoms with Crippen LogP contribution in [0.1, 0.15) is 45.4 Å². The van der Waals surface area contributed by atoms with Crippen molar-refractivity contribution in [1.29, 1.82) is 5.26 Å². The minimum atomic E-state index is -0.321. The zero-order chi connectivity index (χ0) is 9.45. The van der Waals surface area contributed by atoms with Crippen LogP contribution in [0.5, 0.6) is 0 Å². The fourth-order valence-corrected chi connectivity index (χ4v) is 1.21. The van der Waals surface area contributed by atoms with Crippen molar-refractivity contribution < 1.29 is 0 Å². The molecule has 12 heavy (non-hydrogen) atoms. The molecule has 1 aliphatic carbocycles. The van der Waals surface area contributed by atoms with Crippen molar-refractivity contribution in [2.45, 2.75) is 51.1 Å². The van der Waals surface area contributed by atoms with Crippen LogP contribution in [0.15, 0.2) is 0 Å². The van der Waals surface area contributed by atoms with E-state index in [0.717, 1.165) is 12.8 Å². The molecule has 1 aliphatic rings. The summed E-state index contributed by atoms with van der Waals surface area (Å²) in [5.41, 5.74) is 11.0. The van der Waals surface area contributed by atoms with Gasteiger partial charge in [0.1, 0.15) is 0 Å². The van der Waals surface area contributed by atoms with Crippen LogP contribution < -0.4 is 11.5 Å². The zero-order valence-electron chi connectivity index (χ0n) is 7.84. The van der Waals surface area contributed by atoms with Gasteiger partial charge in [-0.15, -0.1) is 0 Å². The number of hydrogen-bond donors (Lipinski definition) is 2. The summed E-state index contributed by atoms with van der Waals surface area (Å²) < 4.78 is 0. The monoisotopic (exact) mass is 169 g/mol. The quantitative estimate of drug-likeness (QED) is 0.539. The number of nitriles is 1. The van der Waals surface area contributed by atoms with E-state index < -0.39 is 0 Å². The average molecular weight is 169 g/mol. The fraction of sp³-hybridized carbons (Fsp3) is 0.889. The van der Waals surface area contributed by atoms with E-state index in [9.17, 15) is 0 Å². The lowest BCUT2D eigenvalue weighted by atomic mass is 9.91. The molecule has 4 N–H and O–H groups in total. The molecule has 0 aromatic carbocycles. The maximum atomic E-state index is 7.62. The predicted molar refractivity (Wildman–Crippen MR) is 50.1 cm³/mol. The summed E-state index contributed by atoms with van der Waals surface area (Å²) in [5, 5.41) is 7.62. The molecular formula is C9H19N3. The normalized spacial score (nSPS) is 20.2. The highest BCUT2D eigenvalue weighted by atomic mass is 14.9. The summed E-state index contributed by atoms with van der Waals surface area (Å²) in [6, 6.07) is 1.93. The van der Waals surface area contributed by atoms with Crippen molar-refractivity contribution >= 4 is 0 Å². The van der Waals surface area contributed by atoms with E-state index in [0.29, 0.717) is 6.42 Å². The minimum absolute atomic E-state index is 0.321. The third-order valence-corrected chi connectivity index (χ3v) is 1.94. The Morgan fingerprint density at radius 2 is 1.67 bits per heavy atom. The Bertz CT molecular complexity index is 138. The second-order valence-corrected chi connectivity index (χ2v) is 3.31. The molecule has 3 nitrogen and oxygen atoms in total. The van der Waals surface area contributed by atoms with Crippen LogP contribution in [-0.2, 0) is 0 Å². The van der Waals surface area contributed by atoms with Crippen LogP contribution in [0.25, 0.3) is 0 Å². The molecule has 0 aromatic heterocycles. The summed E-state index contributed by atoms with van der Waals surface area (Å²) in [7, 11) is 0. The third-order valence-electron chi connectivity index (χ3n) is 1.94. The van der Waals surface area contributed by atoms with Gasteiger partial charge in [-0.3, -0.25) is 0 Å². The summed E-state index contributed by atoms with van der Waals surface area (Å²) in [6.45, 7) is 1.82. The van der Waals surface area contributed by atoms with Crippen LogP contribution >= 0.6 is 0 Å². The van der Waals surface area contributed by atoms with Gasteiger partial charge in [-0.2, -0.15) is 5.26 Å². The first-order valence-electron chi connectivity index (χ1n) is 4.57. The highest BCUT2D eigenvalue weighted by molar-refractivity contribution is 4.79. The van der Waals surface area contributed by atoms with E-state index in [-0.39, 0.29) is 5.66 Å². The lowest BCUT2D eigenvalue weighted by Gasteiger charge is -2.28. The summed E-state index contributed by atoms with van der Waals surface area (Å²) in [5.74, 6) is 0. The Hall–Kier alpha value is -0.590. The molecule has 0 heterocycles. The van der Waals surface area contributed by atoms with Crippen LogP contribution in [0.3, 0.4) is 0 Å². The molecule has 1 rings (SSSR count). The van der Waals surface area contributed by atoms with Crippen LogP contribution in [0.4, 0.5) is 0 Å². The SMILES string of the molecule is CCC#N.NC1(N)CCCCC1. The van der Waals surface area contributed by atoms with Crippen molar-refractivity contribution in [3.63, 3.8) is 0 Å². The van der Waals surface area contributed by atoms with Crippen molar-refractivity contribution in [3.05, 3.63) is 0 Å². The fourth-order valence-electron chi connectivity index (χ4n) is 1.21. The van der Waals surface area contributed by atoms with Gasteiger partial charge in [0.15, 0.2) is 0 Å². The van der Waals surface area contributed by atoms with Gasteiger partial charge in [0.05, 0.1) is 11.7 Å². The highest BCUT2D eigenvalue weighted by Crippen LogP contribution is 2.20. The van der Waals surface area contributed by atoms with Gasteiger partial charge >= 0.3 is 0 Å². The lowest BCUT2D eigenvalue weighted by molar-refractivity contribution is 0.306. The molecule has 70 valence electrons. The standard InChI is InChI=1S/C6H14N2.C3H5N/c7-6(8)4-2-1-3-5-6;1-2-3-4/h1-5,7-8H2;2H2,1H3. The van der Waals surface area contributed by atoms with Gasteiger partial charge in [0, 0.05) is 6.42 Å². The number of nitrogens with zero attached hydrogens (tertiary/aromatic N) is 1. The van der Waals surface area contributed by atoms with E-state index >= 15 is 0 Å². The summed E-state index contributed by atoms with van der Waals surface area (Å²) in [4.78, 5) is 0. The average Bonchev–Trinajstić information content (AvgIpc) is 2.05. The molecule has 0 saturated heterocycles. The highest BCUT2D eigenvalue weighted by Gasteiger charge is 2.21. The maximum absolute atomic E-state index is 7.62. The molecule has 0 bridgehead atoms. The number of rotatable bonds is 0. The maximum Gasteiger partial charge on any atom is 0.0636 e. The molecule has 1 fully saturated rings. The molecular weight excluding hydrogens is 150 g/mol. The first-order valence-corrected chi connectivity index (χ1v) is 4.57. The molecule has 0 spiro atoms. The second kappa shape index (κ2) is 5.99. The Labute approximate surface area is 74.7 Å². The topological polar surface area (TPSA) is 75.8 Å². The third kappa shape index (κ3) is 6.14. The van der Waals surface area contributed by atoms with E-state index in [1.165, 1.54) is 19.3 Å². The van der Waals surface area contributed by atoms with Gasteiger partial charge in [0.25, 0.3) is 0 Å². The Morgan fingerprint density at radius 3 is 1.83 bits per heavy atom. The Morgan fingerprint density at radius 1 is 1.25 bits per heavy atom. The van der Waals surface area contributed by atoms with Crippen molar-refractivity contribution in [2.75, 3.05) is 0 Å². The van der Waals surface area contributed by atoms with Gasteiger partial charge in [-0.25, -0.2) is 0 Å². The first-order chi connectivity index (χ1) is 5.62. The molecule has 0 atom stereocenters. The zero-order valence-corrected chi connectivity index (χ0v) is 7.84. The summed E-state index contributed by atoms with van der Waals surface area (Å²) in [6.07, 6.45) is 6.39. The molecule has 0 unspecified atom stereocenters. The van der Waals surface area contributed by atoms with Crippen molar-refractivity contribution in [3.8, 4) is 6.07 Å². The minimum Gasteiger partial charge on any atom is -0.313 e. The number of hydrogen-bond acceptors (Lipinski definition) is 3. The van der Waals surface area contributed by atoms with Gasteiger partial charge in [-0.1, -0.05) is 26.2 Å². The largest absolute Gasteiger partial charge is 0.313 e. The smallest absolute Gasteiger partial charge is 0.0636 e. The first kappa shape index (κ1) is 11.4. The van der Waals surface area contributed by atoms with Gasteiger partial charge in [-0.05, 0) is 12.8 Å². The van der Waals surface area contributed by atoms with Crippen molar-refractivity contribution in [2.24, 2.45) is 11.5 Å².